The number of allylic oxidation sites excluding steroid dienone is 5. The molecular formula is C44H67NO11. The number of piperidine rings is 1. The van der Waals surface area contributed by atoms with Crippen LogP contribution in [-0.4, -0.2) is 113 Å². The van der Waals surface area contributed by atoms with E-state index in [0.717, 1.165) is 11.1 Å². The highest BCUT2D eigenvalue weighted by molar-refractivity contribution is 6.39. The third kappa shape index (κ3) is 10.9. The number of amides is 1. The molecule has 3 aliphatic heterocycles. The highest BCUT2D eigenvalue weighted by Crippen LogP contribution is 2.39. The lowest BCUT2D eigenvalue weighted by Gasteiger charge is -2.47. The van der Waals surface area contributed by atoms with Gasteiger partial charge >= 0.3 is 5.97 Å². The second-order valence-corrected chi connectivity index (χ2v) is 17.0. The van der Waals surface area contributed by atoms with E-state index in [9.17, 15) is 34.5 Å². The summed E-state index contributed by atoms with van der Waals surface area (Å²) in [6.45, 7) is 13.3. The fourth-order valence-corrected chi connectivity index (χ4v) is 9.21. The SMILES string of the molecule is C=CC[C@@H]1/C=C(\C)C[C@H](C)C[C@H](OC)[C@H]2O[C@@](O)(C(=O)C(=O)N3CCCC[C@H]3C(=O)OC(/C(C)=C/[C@@H]3CC[C@@H](O)[C@H](CO)C3)[C@H](C)/C=C/C1=O)[C@H](C)C[C@@H]2OC. The average Bonchev–Trinajstić information content (AvgIpc) is 3.18. The summed E-state index contributed by atoms with van der Waals surface area (Å²) in [5, 5.41) is 32.3. The van der Waals surface area contributed by atoms with Gasteiger partial charge in [0, 0.05) is 51.0 Å². The van der Waals surface area contributed by atoms with Crippen LogP contribution in [0.3, 0.4) is 0 Å². The van der Waals surface area contributed by atoms with E-state index in [1.807, 2.05) is 32.9 Å². The van der Waals surface area contributed by atoms with Gasteiger partial charge in [0.15, 0.2) is 5.78 Å². The third-order valence-electron chi connectivity index (χ3n) is 12.5. The topological polar surface area (TPSA) is 169 Å². The fourth-order valence-electron chi connectivity index (χ4n) is 9.21. The fraction of sp³-hybridized carbons (Fsp3) is 0.727. The Kier molecular flexibility index (Phi) is 16.8. The first-order valence-corrected chi connectivity index (χ1v) is 20.6. The van der Waals surface area contributed by atoms with E-state index in [-0.39, 0.29) is 49.5 Å². The lowest BCUT2D eigenvalue weighted by Crippen LogP contribution is -2.64. The van der Waals surface area contributed by atoms with Gasteiger partial charge in [-0.25, -0.2) is 4.79 Å². The number of aliphatic hydroxyl groups excluding tert-OH is 2. The number of ether oxygens (including phenoxy) is 4. The minimum atomic E-state index is -2.49. The van der Waals surface area contributed by atoms with Crippen molar-refractivity contribution in [2.75, 3.05) is 27.4 Å². The molecule has 0 radical (unpaired) electrons. The zero-order chi connectivity index (χ0) is 41.3. The molecule has 4 rings (SSSR count). The van der Waals surface area contributed by atoms with E-state index in [4.69, 9.17) is 18.9 Å². The number of hydrogen-bond donors (Lipinski definition) is 3. The lowest BCUT2D eigenvalue weighted by molar-refractivity contribution is -0.302. The first-order chi connectivity index (χ1) is 26.6. The van der Waals surface area contributed by atoms with Gasteiger partial charge in [-0.3, -0.25) is 14.4 Å². The molecule has 4 aliphatic rings. The highest BCUT2D eigenvalue weighted by Gasteiger charge is 2.56. The minimum Gasteiger partial charge on any atom is -0.456 e. The van der Waals surface area contributed by atoms with Crippen molar-refractivity contribution in [2.24, 2.45) is 35.5 Å². The van der Waals surface area contributed by atoms with Crippen LogP contribution >= 0.6 is 0 Å². The number of ketones is 2. The first kappa shape index (κ1) is 45.7. The summed E-state index contributed by atoms with van der Waals surface area (Å²) in [5.41, 5.74) is 1.74. The number of carbonyl (C=O) groups excluding carboxylic acids is 4. The van der Waals surface area contributed by atoms with Gasteiger partial charge in [-0.05, 0) is 102 Å². The van der Waals surface area contributed by atoms with E-state index in [2.05, 4.69) is 13.5 Å². The molecule has 3 N–H and O–H groups in total. The molecule has 0 aromatic carbocycles. The molecular weight excluding hydrogens is 718 g/mol. The van der Waals surface area contributed by atoms with Gasteiger partial charge in [0.25, 0.3) is 11.7 Å². The molecule has 1 amide bonds. The summed E-state index contributed by atoms with van der Waals surface area (Å²) in [6.07, 6.45) is 10.6. The van der Waals surface area contributed by atoms with Crippen LogP contribution < -0.4 is 0 Å². The number of methoxy groups -OCH3 is 2. The molecule has 12 heteroatoms. The number of hydrogen-bond acceptors (Lipinski definition) is 11. The summed E-state index contributed by atoms with van der Waals surface area (Å²) in [4.78, 5) is 57.6. The molecule has 0 aromatic heterocycles. The quantitative estimate of drug-likeness (QED) is 0.180. The summed E-state index contributed by atoms with van der Waals surface area (Å²) in [5.74, 6) is -7.39. The van der Waals surface area contributed by atoms with Crippen molar-refractivity contribution < 1.29 is 53.4 Å². The van der Waals surface area contributed by atoms with E-state index in [1.54, 1.807) is 25.2 Å². The van der Waals surface area contributed by atoms with Gasteiger partial charge in [0.05, 0.1) is 18.3 Å². The maximum Gasteiger partial charge on any atom is 0.329 e. The highest BCUT2D eigenvalue weighted by atomic mass is 16.7. The number of fused-ring (bicyclic) bond motifs is 3. The van der Waals surface area contributed by atoms with Crippen LogP contribution in [0, 0.1) is 35.5 Å². The van der Waals surface area contributed by atoms with Crippen LogP contribution in [0.1, 0.15) is 98.8 Å². The Labute approximate surface area is 333 Å². The summed E-state index contributed by atoms with van der Waals surface area (Å²) in [7, 11) is 3.07. The second-order valence-electron chi connectivity index (χ2n) is 17.0. The van der Waals surface area contributed by atoms with Crippen LogP contribution in [0.2, 0.25) is 0 Å². The zero-order valence-electron chi connectivity index (χ0n) is 34.6. The molecule has 12 nitrogen and oxygen atoms in total. The van der Waals surface area contributed by atoms with Gasteiger partial charge in [-0.15, -0.1) is 6.58 Å². The van der Waals surface area contributed by atoms with Crippen molar-refractivity contribution in [3.63, 3.8) is 0 Å². The largest absolute Gasteiger partial charge is 0.456 e. The Balaban J connectivity index is 1.78. The predicted molar refractivity (Wildman–Crippen MR) is 211 cm³/mol. The molecule has 1 unspecified atom stereocenters. The molecule has 13 atom stereocenters. The maximum absolute atomic E-state index is 14.2. The van der Waals surface area contributed by atoms with Gasteiger partial charge < -0.3 is 39.2 Å². The van der Waals surface area contributed by atoms with Crippen molar-refractivity contribution >= 4 is 23.4 Å². The van der Waals surface area contributed by atoms with E-state index < -0.39 is 77.8 Å². The lowest BCUT2D eigenvalue weighted by atomic mass is 9.78. The minimum absolute atomic E-state index is 0.0209. The number of aliphatic hydroxyl groups is 3. The summed E-state index contributed by atoms with van der Waals surface area (Å²) in [6, 6.07) is -1.09. The van der Waals surface area contributed by atoms with E-state index >= 15 is 0 Å². The molecule has 3 heterocycles. The van der Waals surface area contributed by atoms with E-state index in [0.29, 0.717) is 51.4 Å². The summed E-state index contributed by atoms with van der Waals surface area (Å²) < 4.78 is 24.2. The van der Waals surface area contributed by atoms with Crippen molar-refractivity contribution in [3.05, 3.63) is 48.1 Å². The number of rotatable bonds is 7. The molecule has 2 bridgehead atoms. The van der Waals surface area contributed by atoms with Gasteiger partial charge in [0.2, 0.25) is 5.79 Å². The average molecular weight is 786 g/mol. The van der Waals surface area contributed by atoms with Crippen molar-refractivity contribution in [2.45, 2.75) is 141 Å². The Morgan fingerprint density at radius 3 is 2.39 bits per heavy atom. The zero-order valence-corrected chi connectivity index (χ0v) is 34.6. The third-order valence-corrected chi connectivity index (χ3v) is 12.5. The Morgan fingerprint density at radius 1 is 1.04 bits per heavy atom. The van der Waals surface area contributed by atoms with Crippen LogP contribution in [0.25, 0.3) is 0 Å². The smallest absolute Gasteiger partial charge is 0.329 e. The number of esters is 1. The first-order valence-electron chi connectivity index (χ1n) is 20.6. The van der Waals surface area contributed by atoms with Gasteiger partial charge in [-0.2, -0.15) is 0 Å². The number of Topliss-reactive ketones (excluding diaryl/α,β-unsaturated/α-hetero) is 1. The van der Waals surface area contributed by atoms with Crippen molar-refractivity contribution in [3.8, 4) is 0 Å². The molecule has 56 heavy (non-hydrogen) atoms. The molecule has 1 saturated carbocycles. The number of nitrogens with zero attached hydrogens (tertiary/aromatic N) is 1. The molecule has 0 aromatic rings. The summed E-state index contributed by atoms with van der Waals surface area (Å²) >= 11 is 0. The van der Waals surface area contributed by atoms with Crippen LogP contribution in [0.15, 0.2) is 48.1 Å². The number of carbonyl (C=O) groups is 4. The maximum atomic E-state index is 14.2. The van der Waals surface area contributed by atoms with Crippen LogP contribution in [-0.2, 0) is 38.1 Å². The van der Waals surface area contributed by atoms with Crippen molar-refractivity contribution in [1.29, 1.82) is 0 Å². The molecule has 0 spiro atoms. The van der Waals surface area contributed by atoms with E-state index in [1.165, 1.54) is 19.1 Å². The predicted octanol–water partition coefficient (Wildman–Crippen LogP) is 5.04. The van der Waals surface area contributed by atoms with Crippen LogP contribution in [0.4, 0.5) is 0 Å². The Morgan fingerprint density at radius 2 is 1.73 bits per heavy atom. The molecule has 1 aliphatic carbocycles. The second kappa shape index (κ2) is 20.6. The van der Waals surface area contributed by atoms with Crippen molar-refractivity contribution in [1.82, 2.24) is 4.90 Å². The molecule has 3 fully saturated rings. The normalized spacial score (nSPS) is 40.4. The van der Waals surface area contributed by atoms with Crippen LogP contribution in [0.5, 0.6) is 0 Å². The Bertz CT molecular complexity index is 1490. The molecule has 2 saturated heterocycles. The number of cyclic esters (lactones) is 1. The van der Waals surface area contributed by atoms with Gasteiger partial charge in [0.1, 0.15) is 18.2 Å². The Hall–Kier alpha value is -3.00. The standard InChI is InChI=1S/C44H67NO11/c1-9-12-32-20-26(2)19-27(3)21-37(53-7)40-38(54-8)23-30(6)44(52,56-40)41(49)42(50)45-18-11-10-13-34(45)43(51)55-39(28(4)14-16-35(32)47)29(5)22-31-15-17-36(48)33(24-31)25-46/h9,14,16,20,22,27-28,30-34,36-40,46,48,52H,1,10-13,15,17-19,21,23-25H2,2-8H3/b16-14+,26-20+,29-22+/t27-,28+,30+,31-,32+,33-,34-,36+,37-,38-,39?,40+,44+/m0/s1. The van der Waals surface area contributed by atoms with Gasteiger partial charge in [-0.1, -0.05) is 50.6 Å². The monoisotopic (exact) mass is 785 g/mol. The molecule has 314 valence electrons.